The SMILES string of the molecule is COc1ccccc1S(=O)(=O)CCN. The molecule has 0 bridgehead atoms. The normalized spacial score (nSPS) is 11.3. The van der Waals surface area contributed by atoms with Gasteiger partial charge in [-0.1, -0.05) is 12.1 Å². The molecule has 0 atom stereocenters. The summed E-state index contributed by atoms with van der Waals surface area (Å²) in [5, 5.41) is 0. The van der Waals surface area contributed by atoms with E-state index in [0.29, 0.717) is 5.75 Å². The van der Waals surface area contributed by atoms with Gasteiger partial charge in [0.2, 0.25) is 0 Å². The Hall–Kier alpha value is -1.07. The number of ether oxygens (including phenoxy) is 1. The molecule has 0 radical (unpaired) electrons. The Morgan fingerprint density at radius 2 is 2.00 bits per heavy atom. The van der Waals surface area contributed by atoms with Gasteiger partial charge in [-0.3, -0.25) is 0 Å². The highest BCUT2D eigenvalue weighted by molar-refractivity contribution is 7.91. The Kier molecular flexibility index (Phi) is 3.49. The number of hydrogen-bond acceptors (Lipinski definition) is 4. The molecular weight excluding hydrogens is 202 g/mol. The molecule has 5 heteroatoms. The molecule has 0 saturated carbocycles. The van der Waals surface area contributed by atoms with Crippen molar-refractivity contribution in [3.05, 3.63) is 24.3 Å². The number of sulfone groups is 1. The molecule has 0 fully saturated rings. The van der Waals surface area contributed by atoms with Crippen LogP contribution in [-0.4, -0.2) is 27.8 Å². The first-order valence-corrected chi connectivity index (χ1v) is 5.83. The van der Waals surface area contributed by atoms with Crippen molar-refractivity contribution in [1.29, 1.82) is 0 Å². The molecule has 0 unspecified atom stereocenters. The van der Waals surface area contributed by atoms with Crippen molar-refractivity contribution in [2.24, 2.45) is 5.73 Å². The minimum Gasteiger partial charge on any atom is -0.495 e. The van der Waals surface area contributed by atoms with E-state index in [1.165, 1.54) is 13.2 Å². The van der Waals surface area contributed by atoms with Crippen molar-refractivity contribution in [3.63, 3.8) is 0 Å². The van der Waals surface area contributed by atoms with E-state index in [1.54, 1.807) is 18.2 Å². The Morgan fingerprint density at radius 1 is 1.36 bits per heavy atom. The summed E-state index contributed by atoms with van der Waals surface area (Å²) in [6.45, 7) is 0.111. The van der Waals surface area contributed by atoms with E-state index in [0.717, 1.165) is 0 Å². The van der Waals surface area contributed by atoms with E-state index >= 15 is 0 Å². The third-order valence-corrected chi connectivity index (χ3v) is 3.57. The maximum absolute atomic E-state index is 11.7. The van der Waals surface area contributed by atoms with E-state index in [1.807, 2.05) is 0 Å². The standard InChI is InChI=1S/C9H13NO3S/c1-13-8-4-2-3-5-9(8)14(11,12)7-6-10/h2-5H,6-7,10H2,1H3. The monoisotopic (exact) mass is 215 g/mol. The summed E-state index contributed by atoms with van der Waals surface area (Å²) in [6, 6.07) is 6.51. The van der Waals surface area contributed by atoms with Gasteiger partial charge in [0.15, 0.2) is 9.84 Å². The Balaban J connectivity index is 3.18. The lowest BCUT2D eigenvalue weighted by Gasteiger charge is -2.07. The average Bonchev–Trinajstić information content (AvgIpc) is 2.18. The van der Waals surface area contributed by atoms with Gasteiger partial charge in [-0.2, -0.15) is 0 Å². The molecule has 0 spiro atoms. The summed E-state index contributed by atoms with van der Waals surface area (Å²) in [4.78, 5) is 0.202. The molecule has 2 N–H and O–H groups in total. The van der Waals surface area contributed by atoms with Crippen molar-refractivity contribution >= 4 is 9.84 Å². The molecule has 1 aromatic rings. The minimum atomic E-state index is -3.30. The molecule has 0 aromatic heterocycles. The molecule has 0 saturated heterocycles. The first-order valence-electron chi connectivity index (χ1n) is 4.17. The third kappa shape index (κ3) is 2.24. The zero-order valence-electron chi connectivity index (χ0n) is 7.93. The predicted octanol–water partition coefficient (Wildman–Crippen LogP) is 0.428. The number of rotatable bonds is 4. The van der Waals surface area contributed by atoms with Gasteiger partial charge in [-0.25, -0.2) is 8.42 Å². The van der Waals surface area contributed by atoms with Crippen LogP contribution in [-0.2, 0) is 9.84 Å². The summed E-state index contributed by atoms with van der Waals surface area (Å²) < 4.78 is 28.3. The smallest absolute Gasteiger partial charge is 0.183 e. The first kappa shape index (κ1) is 11.0. The van der Waals surface area contributed by atoms with E-state index < -0.39 is 9.84 Å². The Labute approximate surface area is 83.6 Å². The molecule has 0 aliphatic heterocycles. The van der Waals surface area contributed by atoms with E-state index in [2.05, 4.69) is 0 Å². The minimum absolute atomic E-state index is 0.0621. The summed E-state index contributed by atoms with van der Waals surface area (Å²) >= 11 is 0. The average molecular weight is 215 g/mol. The fourth-order valence-corrected chi connectivity index (χ4v) is 2.41. The second-order valence-electron chi connectivity index (χ2n) is 2.76. The van der Waals surface area contributed by atoms with Crippen LogP contribution >= 0.6 is 0 Å². The van der Waals surface area contributed by atoms with Crippen LogP contribution in [0.3, 0.4) is 0 Å². The zero-order chi connectivity index (χ0) is 10.6. The molecule has 14 heavy (non-hydrogen) atoms. The largest absolute Gasteiger partial charge is 0.495 e. The fraction of sp³-hybridized carbons (Fsp3) is 0.333. The van der Waals surface area contributed by atoms with Gasteiger partial charge in [0, 0.05) is 6.54 Å². The summed E-state index contributed by atoms with van der Waals surface area (Å²) in [5.74, 6) is 0.300. The predicted molar refractivity (Wildman–Crippen MR) is 54.1 cm³/mol. The van der Waals surface area contributed by atoms with Gasteiger partial charge in [0.05, 0.1) is 12.9 Å². The fourth-order valence-electron chi connectivity index (χ4n) is 1.14. The van der Waals surface area contributed by atoms with E-state index in [-0.39, 0.29) is 17.2 Å². The molecule has 0 aliphatic rings. The number of hydrogen-bond donors (Lipinski definition) is 1. The van der Waals surface area contributed by atoms with Crippen molar-refractivity contribution < 1.29 is 13.2 Å². The van der Waals surface area contributed by atoms with Crippen LogP contribution in [0.25, 0.3) is 0 Å². The van der Waals surface area contributed by atoms with Gasteiger partial charge in [-0.05, 0) is 12.1 Å². The van der Waals surface area contributed by atoms with Gasteiger partial charge in [0.25, 0.3) is 0 Å². The molecule has 4 nitrogen and oxygen atoms in total. The van der Waals surface area contributed by atoms with Crippen molar-refractivity contribution in [3.8, 4) is 5.75 Å². The molecule has 0 heterocycles. The van der Waals surface area contributed by atoms with Crippen LogP contribution in [0.2, 0.25) is 0 Å². The second-order valence-corrected chi connectivity index (χ2v) is 4.84. The molecule has 78 valence electrons. The van der Waals surface area contributed by atoms with Gasteiger partial charge in [0.1, 0.15) is 10.6 Å². The molecule has 1 rings (SSSR count). The summed E-state index contributed by atoms with van der Waals surface area (Å²) in [6.07, 6.45) is 0. The highest BCUT2D eigenvalue weighted by Crippen LogP contribution is 2.23. The van der Waals surface area contributed by atoms with Crippen LogP contribution in [0.5, 0.6) is 5.75 Å². The van der Waals surface area contributed by atoms with E-state index in [9.17, 15) is 8.42 Å². The number of methoxy groups -OCH3 is 1. The highest BCUT2D eigenvalue weighted by Gasteiger charge is 2.17. The van der Waals surface area contributed by atoms with Gasteiger partial charge >= 0.3 is 0 Å². The first-order chi connectivity index (χ1) is 6.61. The van der Waals surface area contributed by atoms with Crippen LogP contribution in [0.1, 0.15) is 0 Å². The van der Waals surface area contributed by atoms with E-state index in [4.69, 9.17) is 10.5 Å². The molecule has 0 aliphatic carbocycles. The van der Waals surface area contributed by atoms with Crippen LogP contribution in [0.15, 0.2) is 29.2 Å². The van der Waals surface area contributed by atoms with Crippen LogP contribution in [0, 0.1) is 0 Å². The van der Waals surface area contributed by atoms with Gasteiger partial charge < -0.3 is 10.5 Å². The third-order valence-electron chi connectivity index (χ3n) is 1.79. The maximum Gasteiger partial charge on any atom is 0.183 e. The number of benzene rings is 1. The molecular formula is C9H13NO3S. The second kappa shape index (κ2) is 4.43. The quantitative estimate of drug-likeness (QED) is 0.790. The Morgan fingerprint density at radius 3 is 2.57 bits per heavy atom. The van der Waals surface area contributed by atoms with Crippen molar-refractivity contribution in [1.82, 2.24) is 0 Å². The summed E-state index contributed by atoms with van der Waals surface area (Å²) in [7, 11) is -1.86. The molecule has 1 aromatic carbocycles. The van der Waals surface area contributed by atoms with Gasteiger partial charge in [-0.15, -0.1) is 0 Å². The lowest BCUT2D eigenvalue weighted by molar-refractivity contribution is 0.403. The topological polar surface area (TPSA) is 69.4 Å². The Bertz CT molecular complexity index is 400. The van der Waals surface area contributed by atoms with Crippen LogP contribution in [0.4, 0.5) is 0 Å². The van der Waals surface area contributed by atoms with Crippen molar-refractivity contribution in [2.45, 2.75) is 4.90 Å². The highest BCUT2D eigenvalue weighted by atomic mass is 32.2. The lowest BCUT2D eigenvalue weighted by Crippen LogP contribution is -2.16. The lowest BCUT2D eigenvalue weighted by atomic mass is 10.3. The molecule has 0 amide bonds. The summed E-state index contributed by atoms with van der Waals surface area (Å²) in [5.41, 5.74) is 5.22. The number of para-hydroxylation sites is 1. The number of nitrogens with two attached hydrogens (primary N) is 1. The van der Waals surface area contributed by atoms with Crippen molar-refractivity contribution in [2.75, 3.05) is 19.4 Å². The zero-order valence-corrected chi connectivity index (χ0v) is 8.75. The maximum atomic E-state index is 11.7. The van der Waals surface area contributed by atoms with Crippen LogP contribution < -0.4 is 10.5 Å².